The van der Waals surface area contributed by atoms with Gasteiger partial charge in [0.2, 0.25) is 0 Å². The highest BCUT2D eigenvalue weighted by Crippen LogP contribution is 2.26. The Kier molecular flexibility index (Phi) is 3.94. The van der Waals surface area contributed by atoms with Crippen LogP contribution in [0, 0.1) is 5.92 Å². The maximum atomic E-state index is 11.6. The number of ketones is 1. The zero-order chi connectivity index (χ0) is 12.3. The summed E-state index contributed by atoms with van der Waals surface area (Å²) in [5.74, 6) is 0.808. The second kappa shape index (κ2) is 4.85. The van der Waals surface area contributed by atoms with Crippen molar-refractivity contribution in [2.45, 2.75) is 45.6 Å². The van der Waals surface area contributed by atoms with Gasteiger partial charge in [0.1, 0.15) is 11.4 Å². The molecule has 4 nitrogen and oxygen atoms in total. The maximum Gasteiger partial charge on any atom is 0.410 e. The smallest absolute Gasteiger partial charge is 0.410 e. The Morgan fingerprint density at radius 2 is 2.00 bits per heavy atom. The third-order valence-corrected chi connectivity index (χ3v) is 2.61. The summed E-state index contributed by atoms with van der Waals surface area (Å²) in [6.07, 6.45) is 1.96. The summed E-state index contributed by atoms with van der Waals surface area (Å²) in [4.78, 5) is 23.9. The summed E-state index contributed by atoms with van der Waals surface area (Å²) >= 11 is 0. The molecule has 1 saturated carbocycles. The molecule has 1 aliphatic carbocycles. The summed E-state index contributed by atoms with van der Waals surface area (Å²) < 4.78 is 5.22. The molecule has 0 aromatic heterocycles. The van der Waals surface area contributed by atoms with Crippen LogP contribution in [0.1, 0.15) is 40.0 Å². The molecule has 1 amide bonds. The van der Waals surface area contributed by atoms with E-state index >= 15 is 0 Å². The second-order valence-corrected chi connectivity index (χ2v) is 5.50. The molecule has 0 radical (unpaired) electrons. The van der Waals surface area contributed by atoms with Gasteiger partial charge in [-0.2, -0.15) is 0 Å². The number of nitrogens with zero attached hydrogens (tertiary/aromatic N) is 1. The van der Waals surface area contributed by atoms with Crippen LogP contribution in [0.4, 0.5) is 4.79 Å². The molecule has 0 bridgehead atoms. The Morgan fingerprint density at radius 1 is 1.44 bits per heavy atom. The van der Waals surface area contributed by atoms with Crippen LogP contribution in [0.5, 0.6) is 0 Å². The molecule has 1 rings (SSSR count). The minimum Gasteiger partial charge on any atom is -0.444 e. The van der Waals surface area contributed by atoms with Crippen LogP contribution in [0.3, 0.4) is 0 Å². The first-order valence-corrected chi connectivity index (χ1v) is 5.74. The zero-order valence-electron chi connectivity index (χ0n) is 10.6. The Labute approximate surface area is 96.9 Å². The van der Waals surface area contributed by atoms with Crippen molar-refractivity contribution in [2.24, 2.45) is 5.92 Å². The monoisotopic (exact) mass is 227 g/mol. The molecule has 0 unspecified atom stereocenters. The zero-order valence-corrected chi connectivity index (χ0v) is 10.6. The van der Waals surface area contributed by atoms with Crippen LogP contribution in [-0.2, 0) is 9.53 Å². The minimum atomic E-state index is -0.447. The SMILES string of the molecule is CN(CCC1CC(=O)C1)C(=O)OC(C)(C)C. The van der Waals surface area contributed by atoms with E-state index in [4.69, 9.17) is 4.74 Å². The molecule has 0 heterocycles. The third-order valence-electron chi connectivity index (χ3n) is 2.61. The summed E-state index contributed by atoms with van der Waals surface area (Å²) in [5, 5.41) is 0. The van der Waals surface area contributed by atoms with Gasteiger partial charge in [-0.05, 0) is 33.1 Å². The maximum absolute atomic E-state index is 11.6. The summed E-state index contributed by atoms with van der Waals surface area (Å²) in [7, 11) is 1.73. The number of amides is 1. The molecule has 92 valence electrons. The summed E-state index contributed by atoms with van der Waals surface area (Å²) in [6, 6.07) is 0. The number of hydrogen-bond acceptors (Lipinski definition) is 3. The first-order chi connectivity index (χ1) is 7.28. The fourth-order valence-corrected chi connectivity index (χ4v) is 1.60. The van der Waals surface area contributed by atoms with Crippen molar-refractivity contribution in [1.82, 2.24) is 4.90 Å². The van der Waals surface area contributed by atoms with E-state index in [1.807, 2.05) is 20.8 Å². The van der Waals surface area contributed by atoms with E-state index < -0.39 is 5.60 Å². The Balaban J connectivity index is 2.21. The topological polar surface area (TPSA) is 46.6 Å². The van der Waals surface area contributed by atoms with Gasteiger partial charge >= 0.3 is 6.09 Å². The van der Waals surface area contributed by atoms with Gasteiger partial charge in [-0.25, -0.2) is 4.79 Å². The van der Waals surface area contributed by atoms with Crippen LogP contribution in [0.2, 0.25) is 0 Å². The minimum absolute atomic E-state index is 0.293. The summed E-state index contributed by atoms with van der Waals surface area (Å²) in [6.45, 7) is 6.21. The first-order valence-electron chi connectivity index (χ1n) is 5.74. The van der Waals surface area contributed by atoms with Crippen LogP contribution < -0.4 is 0 Å². The fraction of sp³-hybridized carbons (Fsp3) is 0.833. The van der Waals surface area contributed by atoms with E-state index in [0.717, 1.165) is 6.42 Å². The number of carbonyl (C=O) groups excluding carboxylic acids is 2. The molecule has 0 aliphatic heterocycles. The van der Waals surface area contributed by atoms with Gasteiger partial charge in [0.25, 0.3) is 0 Å². The average molecular weight is 227 g/mol. The molecule has 0 spiro atoms. The molecule has 1 aliphatic rings. The molecular weight excluding hydrogens is 206 g/mol. The van der Waals surface area contributed by atoms with Gasteiger partial charge in [0, 0.05) is 26.4 Å². The fourth-order valence-electron chi connectivity index (χ4n) is 1.60. The molecular formula is C12H21NO3. The van der Waals surface area contributed by atoms with E-state index in [1.54, 1.807) is 11.9 Å². The molecule has 0 aromatic rings. The van der Waals surface area contributed by atoms with Gasteiger partial charge in [-0.15, -0.1) is 0 Å². The predicted molar refractivity (Wildman–Crippen MR) is 61.2 cm³/mol. The predicted octanol–water partition coefficient (Wildman–Crippen LogP) is 2.22. The van der Waals surface area contributed by atoms with Gasteiger partial charge in [-0.3, -0.25) is 4.79 Å². The highest BCUT2D eigenvalue weighted by atomic mass is 16.6. The van der Waals surface area contributed by atoms with Crippen molar-refractivity contribution in [2.75, 3.05) is 13.6 Å². The van der Waals surface area contributed by atoms with Crippen LogP contribution in [0.25, 0.3) is 0 Å². The van der Waals surface area contributed by atoms with E-state index in [1.165, 1.54) is 0 Å². The highest BCUT2D eigenvalue weighted by molar-refractivity contribution is 5.84. The van der Waals surface area contributed by atoms with Crippen molar-refractivity contribution in [3.8, 4) is 0 Å². The number of rotatable bonds is 3. The van der Waals surface area contributed by atoms with Crippen LogP contribution in [0.15, 0.2) is 0 Å². The number of carbonyl (C=O) groups is 2. The molecule has 0 N–H and O–H groups in total. The first kappa shape index (κ1) is 13.0. The van der Waals surface area contributed by atoms with Crippen molar-refractivity contribution in [3.05, 3.63) is 0 Å². The van der Waals surface area contributed by atoms with E-state index in [0.29, 0.717) is 31.1 Å². The number of hydrogen-bond donors (Lipinski definition) is 0. The Morgan fingerprint density at radius 3 is 2.44 bits per heavy atom. The van der Waals surface area contributed by atoms with E-state index in [-0.39, 0.29) is 6.09 Å². The number of Topliss-reactive ketones (excluding diaryl/α,β-unsaturated/α-hetero) is 1. The normalized spacial score (nSPS) is 16.9. The highest BCUT2D eigenvalue weighted by Gasteiger charge is 2.27. The van der Waals surface area contributed by atoms with E-state index in [2.05, 4.69) is 0 Å². The summed E-state index contributed by atoms with van der Waals surface area (Å²) in [5.41, 5.74) is -0.447. The van der Waals surface area contributed by atoms with Crippen LogP contribution in [-0.4, -0.2) is 36.0 Å². The quantitative estimate of drug-likeness (QED) is 0.742. The largest absolute Gasteiger partial charge is 0.444 e. The van der Waals surface area contributed by atoms with Crippen molar-refractivity contribution < 1.29 is 14.3 Å². The lowest BCUT2D eigenvalue weighted by Gasteiger charge is -2.28. The lowest BCUT2D eigenvalue weighted by atomic mass is 9.82. The third kappa shape index (κ3) is 4.21. The molecule has 1 fully saturated rings. The second-order valence-electron chi connectivity index (χ2n) is 5.50. The van der Waals surface area contributed by atoms with Crippen molar-refractivity contribution in [1.29, 1.82) is 0 Å². The van der Waals surface area contributed by atoms with Gasteiger partial charge < -0.3 is 9.64 Å². The lowest BCUT2D eigenvalue weighted by Crippen LogP contribution is -2.36. The molecule has 0 aromatic carbocycles. The van der Waals surface area contributed by atoms with Crippen LogP contribution >= 0.6 is 0 Å². The molecule has 4 heteroatoms. The molecule has 16 heavy (non-hydrogen) atoms. The van der Waals surface area contributed by atoms with Crippen molar-refractivity contribution >= 4 is 11.9 Å². The molecule has 0 saturated heterocycles. The Bertz CT molecular complexity index is 272. The van der Waals surface area contributed by atoms with Gasteiger partial charge in [-0.1, -0.05) is 0 Å². The van der Waals surface area contributed by atoms with Gasteiger partial charge in [0.15, 0.2) is 0 Å². The van der Waals surface area contributed by atoms with E-state index in [9.17, 15) is 9.59 Å². The average Bonchev–Trinajstić information content (AvgIpc) is 2.07. The van der Waals surface area contributed by atoms with Gasteiger partial charge in [0.05, 0.1) is 0 Å². The lowest BCUT2D eigenvalue weighted by molar-refractivity contribution is -0.127. The van der Waals surface area contributed by atoms with Crippen molar-refractivity contribution in [3.63, 3.8) is 0 Å². The standard InChI is InChI=1S/C12H21NO3/c1-12(2,3)16-11(15)13(4)6-5-9-7-10(14)8-9/h9H,5-8H2,1-4H3. The molecule has 0 atom stereocenters. The Hall–Kier alpha value is -1.06. The number of ether oxygens (including phenoxy) is 1.